The first-order valence-electron chi connectivity index (χ1n) is 11.4. The van der Waals surface area contributed by atoms with E-state index in [1.807, 2.05) is 45.1 Å². The van der Waals surface area contributed by atoms with Crippen LogP contribution in [-0.4, -0.2) is 58.8 Å². The maximum Gasteiger partial charge on any atom is 0.410 e. The van der Waals surface area contributed by atoms with Crippen molar-refractivity contribution >= 4 is 17.7 Å². The molecule has 0 aromatic carbocycles. The van der Waals surface area contributed by atoms with Crippen molar-refractivity contribution in [2.75, 3.05) is 31.1 Å². The maximum absolute atomic E-state index is 12.5. The molecule has 0 spiro atoms. The van der Waals surface area contributed by atoms with Crippen molar-refractivity contribution in [3.63, 3.8) is 0 Å². The summed E-state index contributed by atoms with van der Waals surface area (Å²) in [6.07, 6.45) is 10.1. The Hall–Kier alpha value is -2.83. The van der Waals surface area contributed by atoms with Gasteiger partial charge in [0.25, 0.3) is 0 Å². The molecule has 0 saturated carbocycles. The lowest BCUT2D eigenvalue weighted by molar-refractivity contribution is -0.147. The molecule has 2 aliphatic heterocycles. The van der Waals surface area contributed by atoms with Gasteiger partial charge in [-0.1, -0.05) is 12.2 Å². The van der Waals surface area contributed by atoms with Crippen molar-refractivity contribution in [2.45, 2.75) is 52.1 Å². The summed E-state index contributed by atoms with van der Waals surface area (Å²) in [6.45, 7) is 8.34. The van der Waals surface area contributed by atoms with Crippen LogP contribution < -0.4 is 4.90 Å². The van der Waals surface area contributed by atoms with Crippen molar-refractivity contribution in [2.24, 2.45) is 11.3 Å². The number of piperidine rings is 1. The van der Waals surface area contributed by atoms with E-state index < -0.39 is 17.0 Å². The van der Waals surface area contributed by atoms with Gasteiger partial charge in [-0.15, -0.1) is 0 Å². The zero-order chi connectivity index (χ0) is 22.9. The van der Waals surface area contributed by atoms with Crippen LogP contribution in [0.2, 0.25) is 0 Å². The van der Waals surface area contributed by atoms with Gasteiger partial charge in [0.05, 0.1) is 5.41 Å². The molecule has 172 valence electrons. The van der Waals surface area contributed by atoms with Crippen molar-refractivity contribution < 1.29 is 19.4 Å². The molecule has 4 rings (SSSR count). The van der Waals surface area contributed by atoms with E-state index in [0.29, 0.717) is 31.8 Å². The molecule has 3 heterocycles. The van der Waals surface area contributed by atoms with Crippen molar-refractivity contribution in [3.8, 4) is 0 Å². The largest absolute Gasteiger partial charge is 0.481 e. The van der Waals surface area contributed by atoms with E-state index in [9.17, 15) is 14.7 Å². The lowest BCUT2D eigenvalue weighted by Gasteiger charge is -2.38. The Morgan fingerprint density at radius 3 is 2.50 bits per heavy atom. The number of ether oxygens (including phenoxy) is 1. The summed E-state index contributed by atoms with van der Waals surface area (Å²) >= 11 is 0. The number of carboxylic acid groups (broad SMARTS) is 1. The van der Waals surface area contributed by atoms with E-state index in [2.05, 4.69) is 9.88 Å². The summed E-state index contributed by atoms with van der Waals surface area (Å²) in [4.78, 5) is 33.0. The highest BCUT2D eigenvalue weighted by Crippen LogP contribution is 2.44. The highest BCUT2D eigenvalue weighted by molar-refractivity contribution is 5.79. The summed E-state index contributed by atoms with van der Waals surface area (Å²) in [5, 5.41) is 10.2. The van der Waals surface area contributed by atoms with Gasteiger partial charge in [-0.05, 0) is 75.7 Å². The number of carbonyl (C=O) groups excluding carboxylic acids is 1. The van der Waals surface area contributed by atoms with E-state index in [0.717, 1.165) is 37.1 Å². The second-order valence-corrected chi connectivity index (χ2v) is 10.3. The van der Waals surface area contributed by atoms with Gasteiger partial charge in [0.1, 0.15) is 5.60 Å². The van der Waals surface area contributed by atoms with Gasteiger partial charge in [-0.2, -0.15) is 0 Å². The summed E-state index contributed by atoms with van der Waals surface area (Å²) in [5.41, 5.74) is 1.83. The highest BCUT2D eigenvalue weighted by atomic mass is 16.6. The molecule has 3 aliphatic rings. The Morgan fingerprint density at radius 2 is 1.88 bits per heavy atom. The van der Waals surface area contributed by atoms with Crippen LogP contribution in [0.5, 0.6) is 0 Å². The van der Waals surface area contributed by atoms with Crippen LogP contribution in [0.3, 0.4) is 0 Å². The van der Waals surface area contributed by atoms with Gasteiger partial charge >= 0.3 is 12.1 Å². The average Bonchev–Trinajstić information content (AvgIpc) is 3.17. The van der Waals surface area contributed by atoms with Gasteiger partial charge < -0.3 is 14.7 Å². The molecule has 1 unspecified atom stereocenters. The Labute approximate surface area is 189 Å². The Morgan fingerprint density at radius 1 is 1.19 bits per heavy atom. The first-order chi connectivity index (χ1) is 15.2. The number of carboxylic acids is 1. The maximum atomic E-state index is 12.5. The minimum Gasteiger partial charge on any atom is -0.481 e. The van der Waals surface area contributed by atoms with Crippen LogP contribution in [0, 0.1) is 11.3 Å². The number of amides is 1. The van der Waals surface area contributed by atoms with Crippen LogP contribution in [0.1, 0.15) is 46.5 Å². The molecule has 7 nitrogen and oxygen atoms in total. The molecule has 1 atom stereocenters. The number of pyridine rings is 1. The Bertz CT molecular complexity index is 926. The second-order valence-electron chi connectivity index (χ2n) is 10.3. The van der Waals surface area contributed by atoms with Gasteiger partial charge in [-0.3, -0.25) is 14.7 Å². The standard InChI is InChI=1S/C25H33N3O4/c1-24(2,3)32-23(31)28-16-19-4-9-25(22(29)30,15-20(19)17-28)14-18-7-12-27(13-8-18)21-5-10-26-11-6-21/h4-6,9-11,18H,7-8,12-17H2,1-3H3,(H,29,30). The average molecular weight is 440 g/mol. The minimum atomic E-state index is -0.897. The molecule has 1 aliphatic carbocycles. The number of aliphatic carboxylic acids is 1. The third-order valence-electron chi connectivity index (χ3n) is 6.70. The summed E-state index contributed by atoms with van der Waals surface area (Å²) < 4.78 is 5.51. The molecular formula is C25H33N3O4. The van der Waals surface area contributed by atoms with Crippen LogP contribution in [0.4, 0.5) is 10.5 Å². The number of anilines is 1. The fraction of sp³-hybridized carbons (Fsp3) is 0.560. The summed E-state index contributed by atoms with van der Waals surface area (Å²) in [7, 11) is 0. The quantitative estimate of drug-likeness (QED) is 0.755. The van der Waals surface area contributed by atoms with Crippen LogP contribution in [0.25, 0.3) is 0 Å². The molecule has 7 heteroatoms. The fourth-order valence-corrected chi connectivity index (χ4v) is 5.04. The molecular weight excluding hydrogens is 406 g/mol. The van der Waals surface area contributed by atoms with E-state index in [-0.39, 0.29) is 6.09 Å². The minimum absolute atomic E-state index is 0.343. The SMILES string of the molecule is CC(C)(C)OC(=O)N1CC2=C(C1)CC(CC1CCN(c3ccncc3)CC1)(C(=O)O)C=C2. The first kappa shape index (κ1) is 22.4. The second kappa shape index (κ2) is 8.60. The fourth-order valence-electron chi connectivity index (χ4n) is 5.04. The van der Waals surface area contributed by atoms with E-state index >= 15 is 0 Å². The van der Waals surface area contributed by atoms with Crippen LogP contribution >= 0.6 is 0 Å². The lowest BCUT2D eigenvalue weighted by atomic mass is 9.70. The number of aromatic nitrogens is 1. The topological polar surface area (TPSA) is 83.0 Å². The van der Waals surface area contributed by atoms with Gasteiger partial charge in [-0.25, -0.2) is 4.79 Å². The predicted molar refractivity (Wildman–Crippen MR) is 122 cm³/mol. The Kier molecular flexibility index (Phi) is 6.01. The normalized spacial score (nSPS) is 24.0. The van der Waals surface area contributed by atoms with Gasteiger partial charge in [0.2, 0.25) is 0 Å². The molecule has 0 bridgehead atoms. The third kappa shape index (κ3) is 4.81. The molecule has 1 aromatic rings. The zero-order valence-electron chi connectivity index (χ0n) is 19.2. The van der Waals surface area contributed by atoms with Crippen molar-refractivity contribution in [1.82, 2.24) is 9.88 Å². The zero-order valence-corrected chi connectivity index (χ0v) is 19.2. The molecule has 1 fully saturated rings. The van der Waals surface area contributed by atoms with Crippen molar-refractivity contribution in [1.29, 1.82) is 0 Å². The smallest absolute Gasteiger partial charge is 0.410 e. The van der Waals surface area contributed by atoms with E-state index in [1.165, 1.54) is 5.69 Å². The third-order valence-corrected chi connectivity index (χ3v) is 6.70. The van der Waals surface area contributed by atoms with Crippen LogP contribution in [-0.2, 0) is 9.53 Å². The van der Waals surface area contributed by atoms with Gasteiger partial charge in [0, 0.05) is 44.3 Å². The van der Waals surface area contributed by atoms with E-state index in [1.54, 1.807) is 17.3 Å². The number of rotatable bonds is 4. The molecule has 1 amide bonds. The number of hydrogen-bond donors (Lipinski definition) is 1. The monoisotopic (exact) mass is 439 g/mol. The van der Waals surface area contributed by atoms with E-state index in [4.69, 9.17) is 4.74 Å². The molecule has 0 radical (unpaired) electrons. The first-order valence-corrected chi connectivity index (χ1v) is 11.4. The number of carbonyl (C=O) groups is 2. The molecule has 32 heavy (non-hydrogen) atoms. The molecule has 1 aromatic heterocycles. The highest BCUT2D eigenvalue weighted by Gasteiger charge is 2.44. The van der Waals surface area contributed by atoms with Crippen LogP contribution in [0.15, 0.2) is 47.8 Å². The lowest BCUT2D eigenvalue weighted by Crippen LogP contribution is -2.39. The number of nitrogens with zero attached hydrogens (tertiary/aromatic N) is 3. The molecule has 1 saturated heterocycles. The Balaban J connectivity index is 1.38. The van der Waals surface area contributed by atoms with Crippen molar-refractivity contribution in [3.05, 3.63) is 47.8 Å². The number of hydrogen-bond acceptors (Lipinski definition) is 5. The summed E-state index contributed by atoms with van der Waals surface area (Å²) in [5.74, 6) is -0.410. The summed E-state index contributed by atoms with van der Waals surface area (Å²) in [6, 6.07) is 4.04. The van der Waals surface area contributed by atoms with Gasteiger partial charge in [0.15, 0.2) is 0 Å². The predicted octanol–water partition coefficient (Wildman–Crippen LogP) is 4.27. The molecule has 1 N–H and O–H groups in total.